The van der Waals surface area contributed by atoms with E-state index in [2.05, 4.69) is 31.8 Å². The number of amides is 1. The van der Waals surface area contributed by atoms with E-state index < -0.39 is 0 Å². The predicted octanol–water partition coefficient (Wildman–Crippen LogP) is 2.42. The molecule has 0 saturated carbocycles. The number of hydrogen-bond acceptors (Lipinski definition) is 5. The molecule has 0 spiro atoms. The number of halogens is 1. The van der Waals surface area contributed by atoms with Crippen molar-refractivity contribution < 1.29 is 15.0 Å². The second-order valence-corrected chi connectivity index (χ2v) is 5.31. The van der Waals surface area contributed by atoms with Gasteiger partial charge in [0.05, 0.1) is 12.8 Å². The van der Waals surface area contributed by atoms with E-state index in [1.807, 2.05) is 24.3 Å². The highest BCUT2D eigenvalue weighted by molar-refractivity contribution is 9.10. The zero-order chi connectivity index (χ0) is 15.9. The fourth-order valence-corrected chi connectivity index (χ4v) is 1.87. The molecule has 0 bridgehead atoms. The highest BCUT2D eigenvalue weighted by Crippen LogP contribution is 2.20. The molecule has 6 nitrogen and oxygen atoms in total. The van der Waals surface area contributed by atoms with Crippen molar-refractivity contribution in [1.82, 2.24) is 5.43 Å². The van der Waals surface area contributed by atoms with Crippen molar-refractivity contribution >= 4 is 33.7 Å². The summed E-state index contributed by atoms with van der Waals surface area (Å²) in [4.78, 5) is 11.6. The first kappa shape index (κ1) is 15.8. The molecule has 2 aromatic rings. The van der Waals surface area contributed by atoms with Gasteiger partial charge < -0.3 is 15.5 Å². The van der Waals surface area contributed by atoms with Crippen LogP contribution in [0.15, 0.2) is 52.0 Å². The largest absolute Gasteiger partial charge is 0.508 e. The monoisotopic (exact) mass is 363 g/mol. The highest BCUT2D eigenvalue weighted by Gasteiger charge is 2.01. The Morgan fingerprint density at radius 2 is 1.91 bits per heavy atom. The van der Waals surface area contributed by atoms with Gasteiger partial charge in [0.25, 0.3) is 5.91 Å². The van der Waals surface area contributed by atoms with Crippen molar-refractivity contribution in [2.45, 2.75) is 0 Å². The van der Waals surface area contributed by atoms with Crippen LogP contribution in [-0.4, -0.2) is 28.9 Å². The molecule has 0 atom stereocenters. The average molecular weight is 364 g/mol. The van der Waals surface area contributed by atoms with Crippen LogP contribution in [0.2, 0.25) is 0 Å². The number of hydrazone groups is 1. The van der Waals surface area contributed by atoms with Gasteiger partial charge in [-0.2, -0.15) is 5.10 Å². The molecule has 0 radical (unpaired) electrons. The fraction of sp³-hybridized carbons (Fsp3) is 0.0667. The van der Waals surface area contributed by atoms with Crippen LogP contribution in [0, 0.1) is 0 Å². The Labute approximate surface area is 135 Å². The van der Waals surface area contributed by atoms with Gasteiger partial charge in [-0.15, -0.1) is 0 Å². The summed E-state index contributed by atoms with van der Waals surface area (Å²) in [5.74, 6) is -0.485. The van der Waals surface area contributed by atoms with E-state index in [0.717, 1.165) is 10.2 Å². The Bertz CT molecular complexity index is 687. The third-order valence-electron chi connectivity index (χ3n) is 2.70. The molecule has 2 aromatic carbocycles. The first-order valence-corrected chi connectivity index (χ1v) is 7.17. The molecule has 0 unspecified atom stereocenters. The standard InChI is InChI=1S/C15H14BrN3O3/c16-11-2-4-12(5-3-11)17-9-15(22)19-18-8-10-1-6-13(20)7-14(10)21/h1-8,17,20-21H,9H2,(H,19,22). The number of nitrogens with zero attached hydrogens (tertiary/aromatic N) is 1. The Balaban J connectivity index is 1.82. The summed E-state index contributed by atoms with van der Waals surface area (Å²) in [6, 6.07) is 11.5. The minimum Gasteiger partial charge on any atom is -0.508 e. The lowest BCUT2D eigenvalue weighted by atomic mass is 10.2. The summed E-state index contributed by atoms with van der Waals surface area (Å²) in [6.07, 6.45) is 1.30. The van der Waals surface area contributed by atoms with Crippen LogP contribution in [0.4, 0.5) is 5.69 Å². The summed E-state index contributed by atoms with van der Waals surface area (Å²) >= 11 is 3.33. The molecule has 0 heterocycles. The lowest BCUT2D eigenvalue weighted by Gasteiger charge is -2.05. The van der Waals surface area contributed by atoms with E-state index in [1.165, 1.54) is 24.4 Å². The predicted molar refractivity (Wildman–Crippen MR) is 88.1 cm³/mol. The second kappa shape index (κ2) is 7.46. The number of anilines is 1. The Hall–Kier alpha value is -2.54. The fourth-order valence-electron chi connectivity index (χ4n) is 1.60. The van der Waals surface area contributed by atoms with Crippen molar-refractivity contribution in [3.63, 3.8) is 0 Å². The molecule has 0 aliphatic carbocycles. The number of phenols is 2. The van der Waals surface area contributed by atoms with Crippen LogP contribution in [-0.2, 0) is 4.79 Å². The molecule has 0 aromatic heterocycles. The van der Waals surface area contributed by atoms with Gasteiger partial charge in [0.1, 0.15) is 11.5 Å². The van der Waals surface area contributed by atoms with Crippen LogP contribution >= 0.6 is 15.9 Å². The summed E-state index contributed by atoms with van der Waals surface area (Å²) in [5, 5.41) is 25.4. The van der Waals surface area contributed by atoms with E-state index in [0.29, 0.717) is 5.56 Å². The number of hydrogen-bond donors (Lipinski definition) is 4. The molecule has 4 N–H and O–H groups in total. The van der Waals surface area contributed by atoms with Gasteiger partial charge in [-0.05, 0) is 36.4 Å². The van der Waals surface area contributed by atoms with Crippen molar-refractivity contribution in [3.8, 4) is 11.5 Å². The number of rotatable bonds is 5. The summed E-state index contributed by atoms with van der Waals surface area (Å²) in [5.41, 5.74) is 3.55. The molecular formula is C15H14BrN3O3. The first-order valence-electron chi connectivity index (χ1n) is 6.38. The molecule has 7 heteroatoms. The molecule has 0 aliphatic heterocycles. The van der Waals surface area contributed by atoms with Crippen molar-refractivity contribution in [3.05, 3.63) is 52.5 Å². The lowest BCUT2D eigenvalue weighted by Crippen LogP contribution is -2.25. The number of nitrogens with one attached hydrogen (secondary N) is 2. The number of phenolic OH excluding ortho intramolecular Hbond substituents is 2. The normalized spacial score (nSPS) is 10.6. The van der Waals surface area contributed by atoms with Gasteiger partial charge in [-0.1, -0.05) is 15.9 Å². The zero-order valence-corrected chi connectivity index (χ0v) is 13.0. The van der Waals surface area contributed by atoms with E-state index in [9.17, 15) is 9.90 Å². The summed E-state index contributed by atoms with van der Waals surface area (Å²) in [6.45, 7) is 0.0700. The van der Waals surface area contributed by atoms with E-state index in [1.54, 1.807) is 0 Å². The number of benzene rings is 2. The zero-order valence-electron chi connectivity index (χ0n) is 11.5. The molecule has 0 saturated heterocycles. The summed E-state index contributed by atoms with van der Waals surface area (Å²) in [7, 11) is 0. The Morgan fingerprint density at radius 1 is 1.18 bits per heavy atom. The van der Waals surface area contributed by atoms with E-state index in [4.69, 9.17) is 5.11 Å². The molecule has 114 valence electrons. The van der Waals surface area contributed by atoms with Crippen LogP contribution in [0.1, 0.15) is 5.56 Å². The Morgan fingerprint density at radius 3 is 2.59 bits per heavy atom. The minimum absolute atomic E-state index is 0.0441. The molecule has 1 amide bonds. The smallest absolute Gasteiger partial charge is 0.259 e. The van der Waals surface area contributed by atoms with Crippen LogP contribution < -0.4 is 10.7 Å². The highest BCUT2D eigenvalue weighted by atomic mass is 79.9. The maximum absolute atomic E-state index is 11.6. The molecule has 2 rings (SSSR count). The third kappa shape index (κ3) is 4.78. The molecule has 22 heavy (non-hydrogen) atoms. The average Bonchev–Trinajstić information content (AvgIpc) is 2.49. The SMILES string of the molecule is O=C(CNc1ccc(Br)cc1)NN=Cc1ccc(O)cc1O. The molecule has 0 fully saturated rings. The van der Waals surface area contributed by atoms with Crippen molar-refractivity contribution in [2.75, 3.05) is 11.9 Å². The van der Waals surface area contributed by atoms with Gasteiger partial charge in [0, 0.05) is 21.8 Å². The van der Waals surface area contributed by atoms with Gasteiger partial charge >= 0.3 is 0 Å². The van der Waals surface area contributed by atoms with Gasteiger partial charge in [-0.3, -0.25) is 4.79 Å². The maximum Gasteiger partial charge on any atom is 0.259 e. The number of carbonyl (C=O) groups excluding carboxylic acids is 1. The first-order chi connectivity index (χ1) is 10.5. The van der Waals surface area contributed by atoms with Crippen LogP contribution in [0.5, 0.6) is 11.5 Å². The van der Waals surface area contributed by atoms with Gasteiger partial charge in [-0.25, -0.2) is 5.43 Å². The third-order valence-corrected chi connectivity index (χ3v) is 3.23. The molecular weight excluding hydrogens is 350 g/mol. The maximum atomic E-state index is 11.6. The topological polar surface area (TPSA) is 94.0 Å². The molecule has 0 aliphatic rings. The Kier molecular flexibility index (Phi) is 5.37. The number of carbonyl (C=O) groups is 1. The van der Waals surface area contributed by atoms with E-state index >= 15 is 0 Å². The minimum atomic E-state index is -0.322. The van der Waals surface area contributed by atoms with Crippen molar-refractivity contribution in [1.29, 1.82) is 0 Å². The van der Waals surface area contributed by atoms with Gasteiger partial charge in [0.15, 0.2) is 0 Å². The van der Waals surface area contributed by atoms with E-state index in [-0.39, 0.29) is 24.0 Å². The number of aromatic hydroxyl groups is 2. The lowest BCUT2D eigenvalue weighted by molar-refractivity contribution is -0.119. The van der Waals surface area contributed by atoms with Crippen LogP contribution in [0.3, 0.4) is 0 Å². The summed E-state index contributed by atoms with van der Waals surface area (Å²) < 4.78 is 0.959. The second-order valence-electron chi connectivity index (χ2n) is 4.40. The quantitative estimate of drug-likeness (QED) is 0.484. The van der Waals surface area contributed by atoms with Crippen LogP contribution in [0.25, 0.3) is 0 Å². The van der Waals surface area contributed by atoms with Gasteiger partial charge in [0.2, 0.25) is 0 Å². The van der Waals surface area contributed by atoms with Crippen molar-refractivity contribution in [2.24, 2.45) is 5.10 Å².